The van der Waals surface area contributed by atoms with E-state index in [1.807, 2.05) is 30.3 Å². The molecular weight excluding hydrogens is 476 g/mol. The van der Waals surface area contributed by atoms with Crippen LogP contribution in [0, 0.1) is 0 Å². The van der Waals surface area contributed by atoms with E-state index in [4.69, 9.17) is 18.9 Å². The quantitative estimate of drug-likeness (QED) is 0.297. The summed E-state index contributed by atoms with van der Waals surface area (Å²) in [5.74, 6) is 3.17. The number of aromatic amines is 1. The number of methoxy groups -OCH3 is 2. The molecule has 0 aliphatic heterocycles. The minimum atomic E-state index is -0.446. The van der Waals surface area contributed by atoms with Gasteiger partial charge in [0.1, 0.15) is 24.1 Å². The SMILES string of the molecule is COc1cccc(OCC(c2nnn[nH]2)N(C)CC(=O)Nc2ccc(Oc3ccccc3)cc2)c1OC. The Morgan fingerprint density at radius 1 is 0.946 bits per heavy atom. The first kappa shape index (κ1) is 25.5. The van der Waals surface area contributed by atoms with Crippen molar-refractivity contribution in [3.63, 3.8) is 0 Å². The highest BCUT2D eigenvalue weighted by molar-refractivity contribution is 5.92. The number of ether oxygens (including phenoxy) is 4. The first-order valence-electron chi connectivity index (χ1n) is 11.5. The summed E-state index contributed by atoms with van der Waals surface area (Å²) in [6.07, 6.45) is 0. The summed E-state index contributed by atoms with van der Waals surface area (Å²) in [6, 6.07) is 21.5. The zero-order valence-electron chi connectivity index (χ0n) is 20.7. The van der Waals surface area contributed by atoms with Gasteiger partial charge in [-0.3, -0.25) is 9.69 Å². The number of nitrogens with zero attached hydrogens (tertiary/aromatic N) is 4. The summed E-state index contributed by atoms with van der Waals surface area (Å²) >= 11 is 0. The maximum atomic E-state index is 12.8. The standard InChI is InChI=1S/C26H28N6O5/c1-32(16-24(33)27-18-12-14-20(15-13-18)37-19-8-5-4-6-9-19)21(26-28-30-31-29-26)17-36-23-11-7-10-22(34-2)25(23)35-3/h4-15,21H,16-17H2,1-3H3,(H,27,33)(H,28,29,30,31). The van der Waals surface area contributed by atoms with Gasteiger partial charge in [0, 0.05) is 5.69 Å². The smallest absolute Gasteiger partial charge is 0.238 e. The highest BCUT2D eigenvalue weighted by atomic mass is 16.5. The van der Waals surface area contributed by atoms with Crippen molar-refractivity contribution in [2.75, 3.05) is 39.7 Å². The van der Waals surface area contributed by atoms with Crippen molar-refractivity contribution in [1.82, 2.24) is 25.5 Å². The molecule has 0 bridgehead atoms. The number of benzene rings is 3. The average molecular weight is 505 g/mol. The Morgan fingerprint density at radius 3 is 2.35 bits per heavy atom. The number of tetrazole rings is 1. The number of hydrogen-bond donors (Lipinski definition) is 2. The number of H-pyrrole nitrogens is 1. The van der Waals surface area contributed by atoms with Crippen molar-refractivity contribution in [2.45, 2.75) is 6.04 Å². The van der Waals surface area contributed by atoms with Gasteiger partial charge in [-0.2, -0.15) is 0 Å². The van der Waals surface area contributed by atoms with Gasteiger partial charge in [-0.25, -0.2) is 5.10 Å². The van der Waals surface area contributed by atoms with E-state index in [2.05, 4.69) is 25.9 Å². The second-order valence-corrected chi connectivity index (χ2v) is 8.01. The van der Waals surface area contributed by atoms with Gasteiger partial charge in [0.15, 0.2) is 17.3 Å². The van der Waals surface area contributed by atoms with E-state index in [0.29, 0.717) is 34.5 Å². The van der Waals surface area contributed by atoms with Gasteiger partial charge in [0.2, 0.25) is 11.7 Å². The van der Waals surface area contributed by atoms with Crippen LogP contribution in [0.15, 0.2) is 72.8 Å². The van der Waals surface area contributed by atoms with Gasteiger partial charge in [0.25, 0.3) is 0 Å². The fraction of sp³-hybridized carbons (Fsp3) is 0.231. The van der Waals surface area contributed by atoms with Crippen molar-refractivity contribution in [1.29, 1.82) is 0 Å². The van der Waals surface area contributed by atoms with Crippen LogP contribution < -0.4 is 24.3 Å². The third kappa shape index (κ3) is 6.73. The number of hydrogen-bond acceptors (Lipinski definition) is 9. The van der Waals surface area contributed by atoms with Crippen molar-refractivity contribution in [2.24, 2.45) is 0 Å². The van der Waals surface area contributed by atoms with Gasteiger partial charge in [0.05, 0.1) is 20.8 Å². The molecule has 37 heavy (non-hydrogen) atoms. The number of anilines is 1. The fourth-order valence-electron chi connectivity index (χ4n) is 3.63. The molecule has 1 atom stereocenters. The number of aromatic nitrogens is 4. The summed E-state index contributed by atoms with van der Waals surface area (Å²) in [7, 11) is 4.88. The Labute approximate surface area is 214 Å². The molecule has 0 aliphatic carbocycles. The van der Waals surface area contributed by atoms with Crippen LogP contribution in [0.3, 0.4) is 0 Å². The molecular formula is C26H28N6O5. The molecule has 4 rings (SSSR count). The van der Waals surface area contributed by atoms with E-state index in [0.717, 1.165) is 5.75 Å². The first-order chi connectivity index (χ1) is 18.1. The molecule has 2 N–H and O–H groups in total. The molecule has 1 unspecified atom stereocenters. The van der Waals surface area contributed by atoms with Crippen molar-refractivity contribution < 1.29 is 23.7 Å². The normalized spacial score (nSPS) is 11.6. The summed E-state index contributed by atoms with van der Waals surface area (Å²) in [5.41, 5.74) is 0.647. The van der Waals surface area contributed by atoms with E-state index in [9.17, 15) is 4.79 Å². The summed E-state index contributed by atoms with van der Waals surface area (Å²) in [5, 5.41) is 17.0. The van der Waals surface area contributed by atoms with Gasteiger partial charge in [-0.15, -0.1) is 5.10 Å². The van der Waals surface area contributed by atoms with Gasteiger partial charge < -0.3 is 24.3 Å². The first-order valence-corrected chi connectivity index (χ1v) is 11.5. The minimum Gasteiger partial charge on any atom is -0.493 e. The largest absolute Gasteiger partial charge is 0.493 e. The lowest BCUT2D eigenvalue weighted by Crippen LogP contribution is -2.36. The number of likely N-dealkylation sites (N-methyl/N-ethyl adjacent to an activating group) is 1. The molecule has 11 heteroatoms. The number of rotatable bonds is 12. The Bertz CT molecular complexity index is 1270. The maximum Gasteiger partial charge on any atom is 0.238 e. The molecule has 0 aliphatic rings. The second-order valence-electron chi connectivity index (χ2n) is 8.01. The highest BCUT2D eigenvalue weighted by Crippen LogP contribution is 2.37. The third-order valence-corrected chi connectivity index (χ3v) is 5.48. The highest BCUT2D eigenvalue weighted by Gasteiger charge is 2.24. The summed E-state index contributed by atoms with van der Waals surface area (Å²) in [4.78, 5) is 14.6. The van der Waals surface area contributed by atoms with Crippen LogP contribution in [0.25, 0.3) is 0 Å². The molecule has 192 valence electrons. The zero-order valence-corrected chi connectivity index (χ0v) is 20.7. The van der Waals surface area contributed by atoms with E-state index in [-0.39, 0.29) is 19.1 Å². The molecule has 1 amide bonds. The van der Waals surface area contributed by atoms with Crippen LogP contribution in [-0.4, -0.2) is 65.9 Å². The molecule has 0 saturated carbocycles. The van der Waals surface area contributed by atoms with Crippen LogP contribution in [0.1, 0.15) is 11.9 Å². The number of nitrogens with one attached hydrogen (secondary N) is 2. The minimum absolute atomic E-state index is 0.0617. The predicted molar refractivity (Wildman–Crippen MR) is 136 cm³/mol. The molecule has 3 aromatic carbocycles. The third-order valence-electron chi connectivity index (χ3n) is 5.48. The fourth-order valence-corrected chi connectivity index (χ4v) is 3.63. The lowest BCUT2D eigenvalue weighted by Gasteiger charge is -2.26. The lowest BCUT2D eigenvalue weighted by atomic mass is 10.2. The van der Waals surface area contributed by atoms with Gasteiger partial charge >= 0.3 is 0 Å². The van der Waals surface area contributed by atoms with Gasteiger partial charge in [-0.05, 0) is 66.0 Å². The number of carbonyl (C=O) groups excluding carboxylic acids is 1. The lowest BCUT2D eigenvalue weighted by molar-refractivity contribution is -0.117. The van der Waals surface area contributed by atoms with Crippen molar-refractivity contribution in [3.8, 4) is 28.7 Å². The topological polar surface area (TPSA) is 124 Å². The predicted octanol–water partition coefficient (Wildman–Crippen LogP) is 3.70. The van der Waals surface area contributed by atoms with Crippen molar-refractivity contribution in [3.05, 3.63) is 78.6 Å². The van der Waals surface area contributed by atoms with Crippen LogP contribution >= 0.6 is 0 Å². The molecule has 1 aromatic heterocycles. The van der Waals surface area contributed by atoms with Crippen LogP contribution in [0.2, 0.25) is 0 Å². The zero-order chi connectivity index (χ0) is 26.0. The Kier molecular flexibility index (Phi) is 8.50. The molecule has 0 spiro atoms. The Hall–Kier alpha value is -4.64. The number of para-hydroxylation sites is 2. The Balaban J connectivity index is 1.38. The maximum absolute atomic E-state index is 12.8. The van der Waals surface area contributed by atoms with E-state index < -0.39 is 6.04 Å². The molecule has 11 nitrogen and oxygen atoms in total. The van der Waals surface area contributed by atoms with Crippen LogP contribution in [0.5, 0.6) is 28.7 Å². The van der Waals surface area contributed by atoms with Crippen LogP contribution in [-0.2, 0) is 4.79 Å². The van der Waals surface area contributed by atoms with Crippen LogP contribution in [0.4, 0.5) is 5.69 Å². The summed E-state index contributed by atoms with van der Waals surface area (Å²) in [6.45, 7) is 0.210. The second kappa shape index (κ2) is 12.4. The Morgan fingerprint density at radius 2 is 1.68 bits per heavy atom. The molecule has 0 saturated heterocycles. The van der Waals surface area contributed by atoms with Gasteiger partial charge in [-0.1, -0.05) is 24.3 Å². The molecule has 1 heterocycles. The van der Waals surface area contributed by atoms with E-state index in [1.165, 1.54) is 0 Å². The van der Waals surface area contributed by atoms with Crippen molar-refractivity contribution >= 4 is 11.6 Å². The van der Waals surface area contributed by atoms with E-state index >= 15 is 0 Å². The number of amides is 1. The van der Waals surface area contributed by atoms with E-state index in [1.54, 1.807) is 68.6 Å². The molecule has 0 radical (unpaired) electrons. The average Bonchev–Trinajstić information content (AvgIpc) is 3.45. The summed E-state index contributed by atoms with van der Waals surface area (Å²) < 4.78 is 22.6. The molecule has 4 aromatic rings. The number of carbonyl (C=O) groups is 1. The monoisotopic (exact) mass is 504 g/mol. The molecule has 0 fully saturated rings.